The molecule has 1 aliphatic carbocycles. The number of hydrogen-bond donors (Lipinski definition) is 0. The molecule has 4 aromatic rings. The molecule has 10 heteroatoms. The molecule has 1 fully saturated rings. The summed E-state index contributed by atoms with van der Waals surface area (Å²) in [6.07, 6.45) is 7.55. The minimum atomic E-state index is -3.48. The van der Waals surface area contributed by atoms with E-state index in [1.807, 2.05) is 31.2 Å². The van der Waals surface area contributed by atoms with Gasteiger partial charge in [-0.15, -0.1) is 11.3 Å². The maximum Gasteiger partial charge on any atom is 0.243 e. The number of sulfonamides is 1. The Morgan fingerprint density at radius 1 is 1.12 bits per heavy atom. The highest BCUT2D eigenvalue weighted by Crippen LogP contribution is 2.43. The standard InChI is InChI=1S/C30H32ClN4O3S2/c1-20-6-9-23(10-7-20)40(36,37)35-14-12-34(13-15-35)19-28-32-18-25-24-5-3-4-22(29(24)39-30(25)33-28)16-21-8-11-27(38-2)26(31)17-21/h6-11,17,22H,3-5,12-16,19H2,1-2H3. The SMILES string of the molecule is COc1ccc(CC2CCCc3c2sc2nc(CN4CCN(S(=O)(=O)c5ccc(C)cc5)CC4)n[c]c32)cc1Cl. The van der Waals surface area contributed by atoms with E-state index in [2.05, 4.69) is 22.1 Å². The van der Waals surface area contributed by atoms with Crippen LogP contribution in [0.3, 0.4) is 0 Å². The van der Waals surface area contributed by atoms with Gasteiger partial charge in [-0.3, -0.25) is 4.90 Å². The third-order valence-corrected chi connectivity index (χ3v) is 11.4. The summed E-state index contributed by atoms with van der Waals surface area (Å²) in [5, 5.41) is 1.69. The highest BCUT2D eigenvalue weighted by atomic mass is 35.5. The summed E-state index contributed by atoms with van der Waals surface area (Å²) >= 11 is 8.16. The lowest BCUT2D eigenvalue weighted by molar-refractivity contribution is 0.178. The zero-order valence-electron chi connectivity index (χ0n) is 22.7. The average Bonchev–Trinajstić information content (AvgIpc) is 3.33. The molecule has 1 unspecified atom stereocenters. The molecule has 1 radical (unpaired) electrons. The van der Waals surface area contributed by atoms with E-state index >= 15 is 0 Å². The van der Waals surface area contributed by atoms with Crippen LogP contribution in [0.15, 0.2) is 47.4 Å². The Bertz CT molecular complexity index is 1630. The fourth-order valence-electron chi connectivity index (χ4n) is 5.73. The number of piperazine rings is 1. The molecule has 0 N–H and O–H groups in total. The van der Waals surface area contributed by atoms with Crippen molar-refractivity contribution >= 4 is 43.2 Å². The van der Waals surface area contributed by atoms with E-state index in [0.717, 1.165) is 47.3 Å². The summed E-state index contributed by atoms with van der Waals surface area (Å²) in [7, 11) is -1.85. The third kappa shape index (κ3) is 5.50. The van der Waals surface area contributed by atoms with Gasteiger partial charge in [-0.1, -0.05) is 35.4 Å². The molecule has 2 aromatic heterocycles. The Kier molecular flexibility index (Phi) is 7.85. The van der Waals surface area contributed by atoms with Crippen LogP contribution in [0, 0.1) is 13.1 Å². The van der Waals surface area contributed by atoms with E-state index in [-0.39, 0.29) is 0 Å². The first kappa shape index (κ1) is 27.6. The van der Waals surface area contributed by atoms with Crippen LogP contribution in [-0.2, 0) is 29.4 Å². The molecule has 40 heavy (non-hydrogen) atoms. The van der Waals surface area contributed by atoms with Crippen molar-refractivity contribution in [1.82, 2.24) is 19.2 Å². The van der Waals surface area contributed by atoms with Gasteiger partial charge in [-0.2, -0.15) is 4.31 Å². The molecule has 2 aromatic carbocycles. The lowest BCUT2D eigenvalue weighted by atomic mass is 9.84. The van der Waals surface area contributed by atoms with E-state index in [4.69, 9.17) is 21.3 Å². The van der Waals surface area contributed by atoms with Crippen LogP contribution in [0.2, 0.25) is 5.02 Å². The van der Waals surface area contributed by atoms with Crippen molar-refractivity contribution < 1.29 is 13.2 Å². The highest BCUT2D eigenvalue weighted by molar-refractivity contribution is 7.89. The van der Waals surface area contributed by atoms with Gasteiger partial charge in [0.25, 0.3) is 0 Å². The van der Waals surface area contributed by atoms with Crippen molar-refractivity contribution in [2.24, 2.45) is 0 Å². The average molecular weight is 596 g/mol. The van der Waals surface area contributed by atoms with Crippen molar-refractivity contribution in [2.75, 3.05) is 33.3 Å². The molecule has 6 rings (SSSR count). The largest absolute Gasteiger partial charge is 0.495 e. The normalized spacial score (nSPS) is 18.6. The molecular formula is C30H32ClN4O3S2. The van der Waals surface area contributed by atoms with Crippen molar-refractivity contribution in [3.63, 3.8) is 0 Å². The van der Waals surface area contributed by atoms with E-state index < -0.39 is 10.0 Å². The summed E-state index contributed by atoms with van der Waals surface area (Å²) in [5.74, 6) is 1.86. The molecule has 2 aliphatic rings. The first-order valence-electron chi connectivity index (χ1n) is 13.6. The number of hydrogen-bond acceptors (Lipinski definition) is 7. The zero-order valence-corrected chi connectivity index (χ0v) is 25.1. The number of nitrogens with zero attached hydrogens (tertiary/aromatic N) is 4. The number of halogens is 1. The molecule has 209 valence electrons. The van der Waals surface area contributed by atoms with Gasteiger partial charge >= 0.3 is 0 Å². The molecule has 0 amide bonds. The Hall–Kier alpha value is -2.56. The number of rotatable bonds is 7. The number of aryl methyl sites for hydroxylation is 2. The topological polar surface area (TPSA) is 75.6 Å². The molecule has 3 heterocycles. The van der Waals surface area contributed by atoms with Crippen LogP contribution < -0.4 is 4.74 Å². The number of aromatic nitrogens is 2. The van der Waals surface area contributed by atoms with Crippen LogP contribution in [0.4, 0.5) is 0 Å². The summed E-state index contributed by atoms with van der Waals surface area (Å²) in [4.78, 5) is 14.5. The third-order valence-electron chi connectivity index (χ3n) is 7.95. The minimum Gasteiger partial charge on any atom is -0.495 e. The number of ether oxygens (including phenoxy) is 1. The van der Waals surface area contributed by atoms with Crippen LogP contribution in [0.1, 0.15) is 46.2 Å². The summed E-state index contributed by atoms with van der Waals surface area (Å²) in [6.45, 7) is 4.72. The molecule has 0 bridgehead atoms. The number of thiophene rings is 1. The second kappa shape index (κ2) is 11.4. The van der Waals surface area contributed by atoms with Gasteiger partial charge in [0.15, 0.2) is 0 Å². The van der Waals surface area contributed by atoms with E-state index in [1.165, 1.54) is 16.0 Å². The molecule has 0 saturated carbocycles. The Morgan fingerprint density at radius 3 is 2.62 bits per heavy atom. The van der Waals surface area contributed by atoms with Crippen LogP contribution >= 0.6 is 22.9 Å². The van der Waals surface area contributed by atoms with Gasteiger partial charge in [0.05, 0.1) is 23.6 Å². The smallest absolute Gasteiger partial charge is 0.243 e. The lowest BCUT2D eigenvalue weighted by Crippen LogP contribution is -2.48. The Labute approximate surface area is 244 Å². The fourth-order valence-corrected chi connectivity index (χ4v) is 8.76. The van der Waals surface area contributed by atoms with Crippen LogP contribution in [0.5, 0.6) is 5.75 Å². The quantitative estimate of drug-likeness (QED) is 0.276. The fraction of sp³-hybridized carbons (Fsp3) is 0.400. The molecule has 1 saturated heterocycles. The van der Waals surface area contributed by atoms with E-state index in [9.17, 15) is 8.42 Å². The van der Waals surface area contributed by atoms with Crippen LogP contribution in [0.25, 0.3) is 10.2 Å². The first-order chi connectivity index (χ1) is 19.3. The van der Waals surface area contributed by atoms with Crippen molar-refractivity contribution in [3.8, 4) is 5.75 Å². The van der Waals surface area contributed by atoms with E-state index in [0.29, 0.717) is 54.3 Å². The second-order valence-electron chi connectivity index (χ2n) is 10.6. The molecular weight excluding hydrogens is 564 g/mol. The van der Waals surface area contributed by atoms with Crippen molar-refractivity contribution in [3.05, 3.63) is 81.1 Å². The highest BCUT2D eigenvalue weighted by Gasteiger charge is 2.29. The second-order valence-corrected chi connectivity index (χ2v) is 14.0. The van der Waals surface area contributed by atoms with Gasteiger partial charge in [0.2, 0.25) is 10.0 Å². The zero-order chi connectivity index (χ0) is 27.9. The Morgan fingerprint density at radius 2 is 1.90 bits per heavy atom. The monoisotopic (exact) mass is 595 g/mol. The van der Waals surface area contributed by atoms with Gasteiger partial charge in [0, 0.05) is 36.4 Å². The Balaban J connectivity index is 1.14. The van der Waals surface area contributed by atoms with Crippen molar-refractivity contribution in [2.45, 2.75) is 50.0 Å². The predicted octanol–water partition coefficient (Wildman–Crippen LogP) is 5.63. The summed E-state index contributed by atoms with van der Waals surface area (Å²) in [6, 6.07) is 13.1. The van der Waals surface area contributed by atoms with Gasteiger partial charge in [-0.05, 0) is 73.9 Å². The van der Waals surface area contributed by atoms with Gasteiger partial charge in [0.1, 0.15) is 22.6 Å². The molecule has 0 spiro atoms. The molecule has 1 atom stereocenters. The minimum absolute atomic E-state index is 0.352. The molecule has 7 nitrogen and oxygen atoms in total. The van der Waals surface area contributed by atoms with Crippen molar-refractivity contribution in [1.29, 1.82) is 0 Å². The molecule has 1 aliphatic heterocycles. The van der Waals surface area contributed by atoms with E-state index in [1.54, 1.807) is 34.9 Å². The maximum atomic E-state index is 13.1. The number of methoxy groups -OCH3 is 1. The summed E-state index contributed by atoms with van der Waals surface area (Å²) < 4.78 is 33.0. The van der Waals surface area contributed by atoms with Gasteiger partial charge < -0.3 is 4.74 Å². The number of fused-ring (bicyclic) bond motifs is 3. The lowest BCUT2D eigenvalue weighted by Gasteiger charge is -2.33. The van der Waals surface area contributed by atoms with Gasteiger partial charge in [-0.25, -0.2) is 18.4 Å². The maximum absolute atomic E-state index is 13.1. The first-order valence-corrected chi connectivity index (χ1v) is 16.3. The number of benzene rings is 2. The summed E-state index contributed by atoms with van der Waals surface area (Å²) in [5.41, 5.74) is 3.60. The predicted molar refractivity (Wildman–Crippen MR) is 159 cm³/mol. The van der Waals surface area contributed by atoms with Crippen LogP contribution in [-0.4, -0.2) is 60.9 Å².